The normalized spacial score (nSPS) is 20.1. The topological polar surface area (TPSA) is 93.3 Å². The second kappa shape index (κ2) is 8.81. The zero-order valence-corrected chi connectivity index (χ0v) is 19.0. The molecule has 10 heteroatoms. The van der Waals surface area contributed by atoms with E-state index in [1.807, 2.05) is 43.1 Å². The fourth-order valence-corrected chi connectivity index (χ4v) is 4.28. The number of H-pyrrole nitrogens is 1. The van der Waals surface area contributed by atoms with E-state index in [1.165, 1.54) is 6.33 Å². The van der Waals surface area contributed by atoms with Crippen molar-refractivity contribution in [3.8, 4) is 0 Å². The smallest absolute Gasteiger partial charge is 0.245 e. The molecule has 0 aliphatic carbocycles. The Bertz CT molecular complexity index is 1070. The highest BCUT2D eigenvalue weighted by atomic mass is 32.1. The summed E-state index contributed by atoms with van der Waals surface area (Å²) in [5.74, 6) is 0.00687. The average Bonchev–Trinajstić information content (AvgIpc) is 3.36. The molecule has 0 radical (unpaired) electrons. The van der Waals surface area contributed by atoms with Crippen molar-refractivity contribution in [3.05, 3.63) is 42.6 Å². The summed E-state index contributed by atoms with van der Waals surface area (Å²) < 4.78 is 0. The number of nitrogens with zero attached hydrogens (tertiary/aromatic N) is 6. The Hall–Kier alpha value is -2.69. The largest absolute Gasteiger partial charge is 0.372 e. The van der Waals surface area contributed by atoms with Crippen LogP contribution in [0.2, 0.25) is 0 Å². The fraction of sp³-hybridized carbons (Fsp3) is 0.429. The highest BCUT2D eigenvalue weighted by Gasteiger charge is 2.43. The maximum Gasteiger partial charge on any atom is 0.245 e. The van der Waals surface area contributed by atoms with Crippen LogP contribution in [0.15, 0.2) is 36.9 Å². The molecule has 2 N–H and O–H groups in total. The van der Waals surface area contributed by atoms with Crippen molar-refractivity contribution >= 4 is 41.1 Å². The van der Waals surface area contributed by atoms with Crippen molar-refractivity contribution in [1.29, 1.82) is 0 Å². The van der Waals surface area contributed by atoms with Crippen molar-refractivity contribution < 1.29 is 4.79 Å². The molecular weight excluding hydrogens is 412 g/mol. The highest BCUT2D eigenvalue weighted by molar-refractivity contribution is 7.80. The van der Waals surface area contributed by atoms with Crippen molar-refractivity contribution in [2.75, 3.05) is 44.0 Å². The molecule has 31 heavy (non-hydrogen) atoms. The Morgan fingerprint density at radius 2 is 1.94 bits per heavy atom. The number of carbonyl (C=O) groups is 1. The van der Waals surface area contributed by atoms with Gasteiger partial charge in [-0.25, -0.2) is 15.0 Å². The number of likely N-dealkylation sites (N-methyl/N-ethyl adjacent to an activating group) is 2. The van der Waals surface area contributed by atoms with Crippen LogP contribution in [0.4, 0.5) is 11.4 Å². The van der Waals surface area contributed by atoms with E-state index in [0.29, 0.717) is 11.3 Å². The van der Waals surface area contributed by atoms with Crippen LogP contribution >= 0.6 is 12.6 Å². The minimum atomic E-state index is -0.389. The lowest BCUT2D eigenvalue weighted by Crippen LogP contribution is -2.42. The molecule has 4 rings (SSSR count). The van der Waals surface area contributed by atoms with Crippen LogP contribution in [-0.4, -0.2) is 77.2 Å². The van der Waals surface area contributed by atoms with Gasteiger partial charge >= 0.3 is 0 Å². The molecule has 1 aromatic carbocycles. The van der Waals surface area contributed by atoms with Crippen molar-refractivity contribution in [2.45, 2.75) is 24.4 Å². The molecule has 2 aromatic heterocycles. The first-order valence-corrected chi connectivity index (χ1v) is 10.8. The van der Waals surface area contributed by atoms with E-state index >= 15 is 0 Å². The van der Waals surface area contributed by atoms with E-state index in [0.717, 1.165) is 30.0 Å². The summed E-state index contributed by atoms with van der Waals surface area (Å²) in [5, 5.41) is 3.01. The minimum Gasteiger partial charge on any atom is -0.372 e. The summed E-state index contributed by atoms with van der Waals surface area (Å²) in [5.41, 5.74) is 3.86. The van der Waals surface area contributed by atoms with Gasteiger partial charge in [-0.2, -0.15) is 12.6 Å². The summed E-state index contributed by atoms with van der Waals surface area (Å²) in [6.07, 6.45) is 2.69. The molecule has 1 fully saturated rings. The molecule has 3 atom stereocenters. The van der Waals surface area contributed by atoms with Gasteiger partial charge in [0.05, 0.1) is 34.7 Å². The molecule has 0 bridgehead atoms. The van der Waals surface area contributed by atoms with Gasteiger partial charge in [-0.3, -0.25) is 15.0 Å². The highest BCUT2D eigenvalue weighted by Crippen LogP contribution is 2.38. The number of hydrogen-bond donors (Lipinski definition) is 3. The number of nitrogens with one attached hydrogen (secondary N) is 2. The van der Waals surface area contributed by atoms with E-state index in [4.69, 9.17) is 12.6 Å². The van der Waals surface area contributed by atoms with Gasteiger partial charge in [-0.15, -0.1) is 0 Å². The zero-order chi connectivity index (χ0) is 22.1. The van der Waals surface area contributed by atoms with Gasteiger partial charge in [-0.05, 0) is 33.2 Å². The molecular formula is C21H28N8OS. The van der Waals surface area contributed by atoms with Gasteiger partial charge in [0.15, 0.2) is 5.65 Å². The molecule has 3 unspecified atom stereocenters. The van der Waals surface area contributed by atoms with Crippen LogP contribution < -0.4 is 15.1 Å². The van der Waals surface area contributed by atoms with E-state index < -0.39 is 0 Å². The number of fused-ring (bicyclic) bond motifs is 1. The van der Waals surface area contributed by atoms with E-state index in [2.05, 4.69) is 49.1 Å². The minimum absolute atomic E-state index is 0.00687. The van der Waals surface area contributed by atoms with Gasteiger partial charge < -0.3 is 14.8 Å². The third-order valence-electron chi connectivity index (χ3n) is 5.57. The summed E-state index contributed by atoms with van der Waals surface area (Å²) >= 11 is 4.90. The molecule has 1 saturated heterocycles. The van der Waals surface area contributed by atoms with Crippen molar-refractivity contribution in [3.63, 3.8) is 0 Å². The summed E-state index contributed by atoms with van der Waals surface area (Å²) in [6, 6.07) is 7.65. The lowest BCUT2D eigenvalue weighted by molar-refractivity contribution is -0.118. The summed E-state index contributed by atoms with van der Waals surface area (Å²) in [4.78, 5) is 35.3. The van der Waals surface area contributed by atoms with E-state index in [-0.39, 0.29) is 23.4 Å². The number of benzene rings is 1. The van der Waals surface area contributed by atoms with Gasteiger partial charge in [0.25, 0.3) is 0 Å². The second-order valence-electron chi connectivity index (χ2n) is 8.06. The number of imidazole rings is 1. The van der Waals surface area contributed by atoms with Crippen molar-refractivity contribution in [1.82, 2.24) is 30.2 Å². The lowest BCUT2D eigenvalue weighted by Gasteiger charge is -2.32. The summed E-state index contributed by atoms with van der Waals surface area (Å²) in [7, 11) is 6.15. The molecule has 164 valence electrons. The van der Waals surface area contributed by atoms with Crippen LogP contribution in [0.5, 0.6) is 0 Å². The van der Waals surface area contributed by atoms with E-state index in [1.54, 1.807) is 6.33 Å². The molecule has 0 spiro atoms. The van der Waals surface area contributed by atoms with Crippen LogP contribution in [-0.2, 0) is 4.79 Å². The van der Waals surface area contributed by atoms with Crippen LogP contribution in [0.25, 0.3) is 11.2 Å². The predicted octanol–water partition coefficient (Wildman–Crippen LogP) is 1.67. The Morgan fingerprint density at radius 3 is 2.71 bits per heavy atom. The number of aromatic nitrogens is 4. The second-order valence-corrected chi connectivity index (χ2v) is 8.62. The number of thiol groups is 1. The number of hydrogen-bond acceptors (Lipinski definition) is 8. The number of carbonyl (C=O) groups excluding carboxylic acids is 1. The first-order chi connectivity index (χ1) is 14.9. The number of amides is 1. The van der Waals surface area contributed by atoms with Gasteiger partial charge in [-0.1, -0.05) is 12.1 Å². The molecule has 1 aliphatic rings. The molecule has 9 nitrogen and oxygen atoms in total. The predicted molar refractivity (Wildman–Crippen MR) is 126 cm³/mol. The number of rotatable bonds is 7. The first-order valence-electron chi connectivity index (χ1n) is 10.2. The number of aromatic amines is 1. The standard InChI is InChI=1S/C21H28N8OS/c1-13-21(30)29(15-8-6-5-7-14(15)28(4)10-9-27(2)3)20(26-13)18(31)16-17-19(24-11-22-16)25-12-23-17/h5-8,11-13,18,20,26,31H,9-10H2,1-4H3,(H,22,23,24,25). The molecule has 1 aliphatic heterocycles. The average molecular weight is 441 g/mol. The Morgan fingerprint density at radius 1 is 1.16 bits per heavy atom. The monoisotopic (exact) mass is 440 g/mol. The molecule has 3 heterocycles. The Kier molecular flexibility index (Phi) is 6.12. The third-order valence-corrected chi connectivity index (χ3v) is 6.10. The number of para-hydroxylation sites is 2. The zero-order valence-electron chi connectivity index (χ0n) is 18.1. The quantitative estimate of drug-likeness (QED) is 0.481. The lowest BCUT2D eigenvalue weighted by atomic mass is 10.1. The maximum absolute atomic E-state index is 13.3. The van der Waals surface area contributed by atoms with Crippen LogP contribution in [0.3, 0.4) is 0 Å². The van der Waals surface area contributed by atoms with E-state index in [9.17, 15) is 4.79 Å². The van der Waals surface area contributed by atoms with Gasteiger partial charge in [0.2, 0.25) is 5.91 Å². The Balaban J connectivity index is 1.71. The van der Waals surface area contributed by atoms with Gasteiger partial charge in [0, 0.05) is 20.1 Å². The maximum atomic E-state index is 13.3. The molecule has 3 aromatic rings. The van der Waals surface area contributed by atoms with Gasteiger partial charge in [0.1, 0.15) is 18.0 Å². The Labute approximate surface area is 187 Å². The van der Waals surface area contributed by atoms with Crippen LogP contribution in [0, 0.1) is 0 Å². The summed E-state index contributed by atoms with van der Waals surface area (Å²) in [6.45, 7) is 3.62. The third kappa shape index (κ3) is 4.10. The SMILES string of the molecule is CC1NC(C(S)c2ncnc3nc[nH]c23)N(c2ccccc2N(C)CCN(C)C)C1=O. The van der Waals surface area contributed by atoms with Crippen LogP contribution in [0.1, 0.15) is 17.9 Å². The molecule has 0 saturated carbocycles. The number of anilines is 2. The first kappa shape index (κ1) is 21.5. The molecule has 1 amide bonds. The van der Waals surface area contributed by atoms with Crippen molar-refractivity contribution in [2.24, 2.45) is 0 Å². The fourth-order valence-electron chi connectivity index (χ4n) is 3.87.